The van der Waals surface area contributed by atoms with E-state index in [-0.39, 0.29) is 11.6 Å². The first-order chi connectivity index (χ1) is 11.4. The van der Waals surface area contributed by atoms with Crippen molar-refractivity contribution in [3.8, 4) is 0 Å². The van der Waals surface area contributed by atoms with Crippen molar-refractivity contribution in [3.63, 3.8) is 0 Å². The number of nitrogens with two attached hydrogens (primary N) is 1. The molecule has 0 aliphatic carbocycles. The average Bonchev–Trinajstić information content (AvgIpc) is 3.07. The minimum atomic E-state index is -3.39. The van der Waals surface area contributed by atoms with E-state index in [9.17, 15) is 8.42 Å². The van der Waals surface area contributed by atoms with E-state index in [0.717, 1.165) is 11.1 Å². The fourth-order valence-corrected chi connectivity index (χ4v) is 3.49. The summed E-state index contributed by atoms with van der Waals surface area (Å²) in [5, 5.41) is 7.83. The molecule has 2 N–H and O–H groups in total. The maximum atomic E-state index is 12.1. The number of pyridine rings is 1. The molecule has 1 aromatic heterocycles. The molecule has 24 heavy (non-hydrogen) atoms. The number of azo groups is 1. The second kappa shape index (κ2) is 6.48. The van der Waals surface area contributed by atoms with Crippen LogP contribution in [0.15, 0.2) is 56.6 Å². The molecule has 0 saturated heterocycles. The quantitative estimate of drug-likeness (QED) is 0.895. The largest absolute Gasteiger partial charge is 0.384 e. The van der Waals surface area contributed by atoms with Gasteiger partial charge in [-0.2, -0.15) is 5.11 Å². The van der Waals surface area contributed by atoms with Crippen LogP contribution < -0.4 is 5.73 Å². The van der Waals surface area contributed by atoms with Crippen molar-refractivity contribution in [3.05, 3.63) is 53.2 Å². The first-order valence-corrected chi connectivity index (χ1v) is 9.29. The highest BCUT2D eigenvalue weighted by Crippen LogP contribution is 2.24. The molecular weight excluding hydrogens is 326 g/mol. The number of amidine groups is 1. The Bertz CT molecular complexity index is 918. The monoisotopic (exact) mass is 343 g/mol. The number of anilines is 1. The lowest BCUT2D eigenvalue weighted by Gasteiger charge is -2.12. The van der Waals surface area contributed by atoms with Crippen molar-refractivity contribution in [2.45, 2.75) is 17.7 Å². The van der Waals surface area contributed by atoms with E-state index in [0.29, 0.717) is 30.1 Å². The van der Waals surface area contributed by atoms with Gasteiger partial charge in [-0.05, 0) is 36.1 Å². The Balaban J connectivity index is 1.98. The molecular formula is C16H17N5O2S. The van der Waals surface area contributed by atoms with Crippen LogP contribution >= 0.6 is 0 Å². The Labute approximate surface area is 140 Å². The molecule has 2 aromatic rings. The Morgan fingerprint density at radius 1 is 1.17 bits per heavy atom. The van der Waals surface area contributed by atoms with Crippen LogP contribution in [0.1, 0.15) is 16.7 Å². The van der Waals surface area contributed by atoms with E-state index in [1.807, 2.05) is 12.1 Å². The molecule has 1 aromatic carbocycles. The zero-order valence-electron chi connectivity index (χ0n) is 13.2. The Kier molecular flexibility index (Phi) is 4.39. The zero-order valence-corrected chi connectivity index (χ0v) is 14.0. The van der Waals surface area contributed by atoms with Crippen molar-refractivity contribution in [1.29, 1.82) is 0 Å². The van der Waals surface area contributed by atoms with Gasteiger partial charge in [0.15, 0.2) is 22.3 Å². The number of sulfone groups is 1. The zero-order chi connectivity index (χ0) is 17.2. The van der Waals surface area contributed by atoms with Crippen molar-refractivity contribution in [1.82, 2.24) is 4.98 Å². The third-order valence-corrected chi connectivity index (χ3v) is 4.85. The molecule has 7 nitrogen and oxygen atoms in total. The Hall–Kier alpha value is -2.61. The minimum absolute atomic E-state index is 0.231. The molecule has 0 fully saturated rings. The number of aromatic nitrogens is 1. The SMILES string of the molecule is CS(=O)(=O)c1cccc(CCc2ccc(N)nc2)c1C1=NCN=N1. The summed E-state index contributed by atoms with van der Waals surface area (Å²) in [6.07, 6.45) is 4.26. The summed E-state index contributed by atoms with van der Waals surface area (Å²) < 4.78 is 24.2. The molecule has 0 amide bonds. The van der Waals surface area contributed by atoms with E-state index < -0.39 is 9.84 Å². The van der Waals surface area contributed by atoms with Crippen LogP contribution in [-0.4, -0.2) is 32.2 Å². The summed E-state index contributed by atoms with van der Waals surface area (Å²) in [6, 6.07) is 8.87. The van der Waals surface area contributed by atoms with Crippen molar-refractivity contribution in [2.75, 3.05) is 18.7 Å². The molecule has 0 bridgehead atoms. The lowest BCUT2D eigenvalue weighted by molar-refractivity contribution is 0.601. The predicted octanol–water partition coefficient (Wildman–Crippen LogP) is 2.02. The molecule has 0 atom stereocenters. The molecule has 0 spiro atoms. The van der Waals surface area contributed by atoms with Gasteiger partial charge in [0.25, 0.3) is 0 Å². The highest BCUT2D eigenvalue weighted by atomic mass is 32.2. The molecule has 0 unspecified atom stereocenters. The lowest BCUT2D eigenvalue weighted by Crippen LogP contribution is -2.11. The number of nitrogen functional groups attached to an aromatic ring is 1. The number of aryl methyl sites for hydroxylation is 2. The van der Waals surface area contributed by atoms with Crippen LogP contribution in [0.4, 0.5) is 5.82 Å². The first-order valence-electron chi connectivity index (χ1n) is 7.40. The predicted molar refractivity (Wildman–Crippen MR) is 91.9 cm³/mol. The van der Waals surface area contributed by atoms with Gasteiger partial charge in [-0.1, -0.05) is 18.2 Å². The third-order valence-electron chi connectivity index (χ3n) is 3.72. The van der Waals surface area contributed by atoms with Gasteiger partial charge < -0.3 is 5.73 Å². The van der Waals surface area contributed by atoms with Gasteiger partial charge >= 0.3 is 0 Å². The van der Waals surface area contributed by atoms with Gasteiger partial charge in [-0.15, -0.1) is 5.11 Å². The summed E-state index contributed by atoms with van der Waals surface area (Å²) >= 11 is 0. The van der Waals surface area contributed by atoms with Gasteiger partial charge in [0.2, 0.25) is 0 Å². The van der Waals surface area contributed by atoms with Crippen molar-refractivity contribution in [2.24, 2.45) is 15.2 Å². The number of nitrogens with zero attached hydrogens (tertiary/aromatic N) is 4. The first kappa shape index (κ1) is 16.3. The van der Waals surface area contributed by atoms with Crippen molar-refractivity contribution < 1.29 is 8.42 Å². The summed E-state index contributed by atoms with van der Waals surface area (Å²) in [4.78, 5) is 8.50. The summed E-state index contributed by atoms with van der Waals surface area (Å²) in [7, 11) is -3.39. The highest BCUT2D eigenvalue weighted by Gasteiger charge is 2.22. The molecule has 0 radical (unpaired) electrons. The smallest absolute Gasteiger partial charge is 0.180 e. The second-order valence-electron chi connectivity index (χ2n) is 5.52. The minimum Gasteiger partial charge on any atom is -0.384 e. The maximum absolute atomic E-state index is 12.1. The van der Waals surface area contributed by atoms with E-state index in [4.69, 9.17) is 5.73 Å². The van der Waals surface area contributed by atoms with Gasteiger partial charge in [-0.25, -0.2) is 18.4 Å². The van der Waals surface area contributed by atoms with E-state index in [1.165, 1.54) is 6.26 Å². The highest BCUT2D eigenvalue weighted by molar-refractivity contribution is 7.90. The van der Waals surface area contributed by atoms with Crippen LogP contribution in [-0.2, 0) is 22.7 Å². The van der Waals surface area contributed by atoms with Gasteiger partial charge in [0, 0.05) is 18.0 Å². The van der Waals surface area contributed by atoms with Crippen LogP contribution in [0.25, 0.3) is 0 Å². The second-order valence-corrected chi connectivity index (χ2v) is 7.50. The van der Waals surface area contributed by atoms with Crippen LogP contribution in [0.2, 0.25) is 0 Å². The molecule has 1 aliphatic heterocycles. The number of benzene rings is 1. The molecule has 3 rings (SSSR count). The fourth-order valence-electron chi connectivity index (χ4n) is 2.57. The molecule has 2 heterocycles. The summed E-state index contributed by atoms with van der Waals surface area (Å²) in [5.41, 5.74) is 8.03. The topological polar surface area (TPSA) is 110 Å². The number of rotatable bonds is 5. The van der Waals surface area contributed by atoms with Gasteiger partial charge in [0.1, 0.15) is 5.82 Å². The molecule has 124 valence electrons. The molecule has 1 aliphatic rings. The molecule has 0 saturated carbocycles. The number of hydrogen-bond acceptors (Lipinski definition) is 7. The van der Waals surface area contributed by atoms with E-state index >= 15 is 0 Å². The van der Waals surface area contributed by atoms with Crippen LogP contribution in [0.5, 0.6) is 0 Å². The van der Waals surface area contributed by atoms with Gasteiger partial charge in [-0.3, -0.25) is 0 Å². The number of aliphatic imine (C=N–C) groups is 1. The standard InChI is InChI=1S/C16H17N5O2S/c1-24(22,23)13-4-2-3-12(15(13)16-19-10-20-21-16)7-5-11-6-8-14(17)18-9-11/h2-4,6,8-9H,5,7,10H2,1H3,(H2,17,18). The Morgan fingerprint density at radius 2 is 2.00 bits per heavy atom. The van der Waals surface area contributed by atoms with E-state index in [2.05, 4.69) is 20.2 Å². The van der Waals surface area contributed by atoms with Crippen LogP contribution in [0.3, 0.4) is 0 Å². The lowest BCUT2D eigenvalue weighted by atomic mass is 9.99. The molecule has 8 heteroatoms. The summed E-state index contributed by atoms with van der Waals surface area (Å²) in [5.74, 6) is 0.848. The fraction of sp³-hybridized carbons (Fsp3) is 0.250. The summed E-state index contributed by atoms with van der Waals surface area (Å²) in [6.45, 7) is 0.231. The normalized spacial score (nSPS) is 14.0. The Morgan fingerprint density at radius 3 is 2.62 bits per heavy atom. The third kappa shape index (κ3) is 3.48. The maximum Gasteiger partial charge on any atom is 0.180 e. The number of hydrogen-bond donors (Lipinski definition) is 1. The van der Waals surface area contributed by atoms with E-state index in [1.54, 1.807) is 24.4 Å². The van der Waals surface area contributed by atoms with Crippen molar-refractivity contribution >= 4 is 21.5 Å². The van der Waals surface area contributed by atoms with Gasteiger partial charge in [0.05, 0.1) is 4.90 Å². The van der Waals surface area contributed by atoms with Crippen LogP contribution in [0, 0.1) is 0 Å². The average molecular weight is 343 g/mol.